The van der Waals surface area contributed by atoms with Gasteiger partial charge in [-0.05, 0) is 26.7 Å². The highest BCUT2D eigenvalue weighted by Crippen LogP contribution is 2.22. The molecule has 0 radical (unpaired) electrons. The van der Waals surface area contributed by atoms with Crippen LogP contribution in [0.3, 0.4) is 0 Å². The van der Waals surface area contributed by atoms with Gasteiger partial charge in [0.1, 0.15) is 11.6 Å². The molecule has 0 saturated carbocycles. The number of rotatable bonds is 5. The van der Waals surface area contributed by atoms with Gasteiger partial charge in [-0.25, -0.2) is 9.67 Å². The molecule has 0 saturated heterocycles. The van der Waals surface area contributed by atoms with E-state index in [4.69, 9.17) is 0 Å². The quantitative estimate of drug-likeness (QED) is 0.421. The minimum Gasteiger partial charge on any atom is -0.357 e. The van der Waals surface area contributed by atoms with Crippen molar-refractivity contribution in [1.82, 2.24) is 30.7 Å². The fourth-order valence-electron chi connectivity index (χ4n) is 2.69. The van der Waals surface area contributed by atoms with Gasteiger partial charge in [0.2, 0.25) is 5.91 Å². The zero-order chi connectivity index (χ0) is 18.4. The van der Waals surface area contributed by atoms with E-state index in [0.717, 1.165) is 43.5 Å². The van der Waals surface area contributed by atoms with E-state index < -0.39 is 0 Å². The van der Waals surface area contributed by atoms with Crippen molar-refractivity contribution >= 4 is 11.9 Å². The molecule has 1 aliphatic rings. The highest BCUT2D eigenvalue weighted by atomic mass is 16.2. The molecule has 1 unspecified atom stereocenters. The van der Waals surface area contributed by atoms with Crippen molar-refractivity contribution < 1.29 is 4.79 Å². The van der Waals surface area contributed by atoms with Crippen molar-refractivity contribution in [2.24, 2.45) is 10.4 Å². The van der Waals surface area contributed by atoms with Crippen LogP contribution >= 0.6 is 0 Å². The summed E-state index contributed by atoms with van der Waals surface area (Å²) in [7, 11) is 0. The summed E-state index contributed by atoms with van der Waals surface area (Å²) in [6.07, 6.45) is 2.07. The predicted octanol–water partition coefficient (Wildman–Crippen LogP) is 1.14. The van der Waals surface area contributed by atoms with Crippen LogP contribution in [0.15, 0.2) is 4.99 Å². The molecule has 0 aliphatic carbocycles. The van der Waals surface area contributed by atoms with Crippen LogP contribution in [-0.2, 0) is 11.3 Å². The maximum atomic E-state index is 11.9. The van der Waals surface area contributed by atoms with Gasteiger partial charge >= 0.3 is 0 Å². The van der Waals surface area contributed by atoms with Gasteiger partial charge in [-0.1, -0.05) is 20.8 Å². The zero-order valence-electron chi connectivity index (χ0n) is 16.0. The summed E-state index contributed by atoms with van der Waals surface area (Å²) in [4.78, 5) is 21.0. The van der Waals surface area contributed by atoms with Gasteiger partial charge in [0.15, 0.2) is 5.96 Å². The number of fused-ring (bicyclic) bond motifs is 1. The van der Waals surface area contributed by atoms with Gasteiger partial charge in [0.25, 0.3) is 0 Å². The number of carbonyl (C=O) groups is 1. The standard InChI is InChI=1S/C17H31N7O/c1-6-18-16(20-10-9-19-15(25)17(3,4)5)22-13-8-7-11-24-14(13)21-12(2)23-24/h13H,6-11H2,1-5H3,(H,19,25)(H2,18,20,22). The second-order valence-corrected chi connectivity index (χ2v) is 7.35. The van der Waals surface area contributed by atoms with E-state index >= 15 is 0 Å². The van der Waals surface area contributed by atoms with E-state index in [0.29, 0.717) is 13.1 Å². The lowest BCUT2D eigenvalue weighted by Crippen LogP contribution is -2.42. The van der Waals surface area contributed by atoms with Crippen LogP contribution in [0.1, 0.15) is 58.2 Å². The Hall–Kier alpha value is -2.12. The first kappa shape index (κ1) is 19.2. The number of aliphatic imine (C=N–C) groups is 1. The minimum atomic E-state index is -0.378. The Bertz CT molecular complexity index is 615. The average Bonchev–Trinajstić information content (AvgIpc) is 2.91. The van der Waals surface area contributed by atoms with Gasteiger partial charge in [0, 0.05) is 25.0 Å². The van der Waals surface area contributed by atoms with Crippen molar-refractivity contribution in [3.63, 3.8) is 0 Å². The first-order valence-corrected chi connectivity index (χ1v) is 9.05. The SMILES string of the molecule is CCNC(=NCCNC(=O)C(C)(C)C)NC1CCCn2nc(C)nc21. The fraction of sp³-hybridized carbons (Fsp3) is 0.765. The normalized spacial score (nSPS) is 17.8. The fourth-order valence-corrected chi connectivity index (χ4v) is 2.69. The summed E-state index contributed by atoms with van der Waals surface area (Å²) in [5.74, 6) is 2.55. The molecule has 0 aromatic carbocycles. The maximum Gasteiger partial charge on any atom is 0.225 e. The summed E-state index contributed by atoms with van der Waals surface area (Å²) < 4.78 is 1.98. The third kappa shape index (κ3) is 5.44. The van der Waals surface area contributed by atoms with Crippen molar-refractivity contribution in [3.8, 4) is 0 Å². The summed E-state index contributed by atoms with van der Waals surface area (Å²) >= 11 is 0. The van der Waals surface area contributed by atoms with E-state index in [1.165, 1.54) is 0 Å². The number of aromatic nitrogens is 3. The van der Waals surface area contributed by atoms with Crippen molar-refractivity contribution in [2.75, 3.05) is 19.6 Å². The third-order valence-electron chi connectivity index (χ3n) is 3.98. The highest BCUT2D eigenvalue weighted by molar-refractivity contribution is 5.81. The molecule has 2 rings (SSSR count). The van der Waals surface area contributed by atoms with Gasteiger partial charge in [0.05, 0.1) is 12.6 Å². The predicted molar refractivity (Wildman–Crippen MR) is 98.3 cm³/mol. The number of guanidine groups is 1. The van der Waals surface area contributed by atoms with Crippen LogP contribution in [0.5, 0.6) is 0 Å². The van der Waals surface area contributed by atoms with Gasteiger partial charge < -0.3 is 16.0 Å². The molecule has 0 fully saturated rings. The Labute approximate surface area is 149 Å². The second kappa shape index (κ2) is 8.31. The lowest BCUT2D eigenvalue weighted by Gasteiger charge is -2.25. The third-order valence-corrected chi connectivity index (χ3v) is 3.98. The number of carbonyl (C=O) groups excluding carboxylic acids is 1. The van der Waals surface area contributed by atoms with Crippen molar-refractivity contribution in [3.05, 3.63) is 11.6 Å². The van der Waals surface area contributed by atoms with Crippen LogP contribution < -0.4 is 16.0 Å². The summed E-state index contributed by atoms with van der Waals surface area (Å²) in [5.41, 5.74) is -0.378. The van der Waals surface area contributed by atoms with Gasteiger partial charge in [-0.15, -0.1) is 0 Å². The van der Waals surface area contributed by atoms with Crippen LogP contribution in [0.25, 0.3) is 0 Å². The Kier molecular flexibility index (Phi) is 6.39. The molecule has 8 heteroatoms. The number of hydrogen-bond acceptors (Lipinski definition) is 4. The van der Waals surface area contributed by atoms with Gasteiger partial charge in [-0.3, -0.25) is 9.79 Å². The number of nitrogens with one attached hydrogen (secondary N) is 3. The molecular formula is C17H31N7O. The minimum absolute atomic E-state index is 0.0384. The van der Waals surface area contributed by atoms with E-state index in [2.05, 4.69) is 31.0 Å². The van der Waals surface area contributed by atoms with Crippen LogP contribution in [0.4, 0.5) is 0 Å². The largest absolute Gasteiger partial charge is 0.357 e. The number of nitrogens with zero attached hydrogens (tertiary/aromatic N) is 4. The molecule has 1 aliphatic heterocycles. The summed E-state index contributed by atoms with van der Waals surface area (Å²) in [5, 5.41) is 14.0. The molecule has 140 valence electrons. The van der Waals surface area contributed by atoms with E-state index in [-0.39, 0.29) is 17.4 Å². The molecule has 1 aromatic rings. The number of aryl methyl sites for hydroxylation is 2. The van der Waals surface area contributed by atoms with E-state index in [1.54, 1.807) is 0 Å². The first-order valence-electron chi connectivity index (χ1n) is 9.05. The second-order valence-electron chi connectivity index (χ2n) is 7.35. The molecule has 1 atom stereocenters. The molecule has 1 amide bonds. The first-order chi connectivity index (χ1) is 11.8. The molecule has 0 spiro atoms. The molecule has 8 nitrogen and oxygen atoms in total. The smallest absolute Gasteiger partial charge is 0.225 e. The Morgan fingerprint density at radius 1 is 1.36 bits per heavy atom. The summed E-state index contributed by atoms with van der Waals surface area (Å²) in [6, 6.07) is 0.108. The lowest BCUT2D eigenvalue weighted by atomic mass is 9.96. The van der Waals surface area contributed by atoms with E-state index in [9.17, 15) is 4.79 Å². The molecule has 25 heavy (non-hydrogen) atoms. The lowest BCUT2D eigenvalue weighted by molar-refractivity contribution is -0.128. The highest BCUT2D eigenvalue weighted by Gasteiger charge is 2.24. The van der Waals surface area contributed by atoms with E-state index in [1.807, 2.05) is 39.3 Å². The maximum absolute atomic E-state index is 11.9. The number of hydrogen-bond donors (Lipinski definition) is 3. The molecule has 1 aromatic heterocycles. The molecule has 2 heterocycles. The zero-order valence-corrected chi connectivity index (χ0v) is 16.0. The molecule has 0 bridgehead atoms. The van der Waals surface area contributed by atoms with Gasteiger partial charge in [-0.2, -0.15) is 5.10 Å². The monoisotopic (exact) mass is 349 g/mol. The molecule has 3 N–H and O–H groups in total. The van der Waals surface area contributed by atoms with Crippen molar-refractivity contribution in [2.45, 2.75) is 60.0 Å². The average molecular weight is 349 g/mol. The van der Waals surface area contributed by atoms with Crippen LogP contribution in [0, 0.1) is 12.3 Å². The molecular weight excluding hydrogens is 318 g/mol. The Morgan fingerprint density at radius 2 is 2.12 bits per heavy atom. The number of amides is 1. The van der Waals surface area contributed by atoms with Crippen LogP contribution in [-0.4, -0.2) is 46.3 Å². The topological polar surface area (TPSA) is 96.2 Å². The van der Waals surface area contributed by atoms with Crippen LogP contribution in [0.2, 0.25) is 0 Å². The Morgan fingerprint density at radius 3 is 2.80 bits per heavy atom. The van der Waals surface area contributed by atoms with Crippen molar-refractivity contribution in [1.29, 1.82) is 0 Å². The Balaban J connectivity index is 1.93. The summed E-state index contributed by atoms with van der Waals surface area (Å²) in [6.45, 7) is 12.4.